The Bertz CT molecular complexity index is 189. The second-order valence-corrected chi connectivity index (χ2v) is 4.20. The van der Waals surface area contributed by atoms with Gasteiger partial charge in [0.15, 0.2) is 0 Å². The van der Waals surface area contributed by atoms with Crippen LogP contribution in [0, 0.1) is 0 Å². The van der Waals surface area contributed by atoms with Crippen molar-refractivity contribution >= 4 is 12.6 Å². The maximum atomic E-state index is 9.57. The van der Waals surface area contributed by atoms with Crippen LogP contribution < -0.4 is 0 Å². The van der Waals surface area contributed by atoms with Gasteiger partial charge in [0, 0.05) is 0 Å². The van der Waals surface area contributed by atoms with Crippen molar-refractivity contribution in [1.82, 2.24) is 0 Å². The molecule has 1 fully saturated rings. The lowest BCUT2D eigenvalue weighted by Gasteiger charge is -2.45. The molecule has 1 unspecified atom stereocenters. The van der Waals surface area contributed by atoms with Crippen LogP contribution in [0.1, 0.15) is 20.3 Å². The van der Waals surface area contributed by atoms with Gasteiger partial charge in [-0.2, -0.15) is 0 Å². The predicted octanol–water partition coefficient (Wildman–Crippen LogP) is -0.476. The van der Waals surface area contributed by atoms with Crippen molar-refractivity contribution in [2.75, 3.05) is 0 Å². The Morgan fingerprint density at radius 2 is 1.85 bits per heavy atom. The molecule has 0 bridgehead atoms. The van der Waals surface area contributed by atoms with Gasteiger partial charge in [-0.1, -0.05) is 6.92 Å². The first-order valence-electron chi connectivity index (χ1n) is 4.36. The minimum Gasteiger partial charge on any atom is -0.388 e. The molecule has 78 valence electrons. The van der Waals surface area contributed by atoms with Crippen molar-refractivity contribution in [3.05, 3.63) is 0 Å². The van der Waals surface area contributed by atoms with Crippen LogP contribution in [0.25, 0.3) is 0 Å². The molecule has 1 rings (SSSR count). The molecule has 0 spiro atoms. The van der Waals surface area contributed by atoms with E-state index in [0.717, 1.165) is 0 Å². The number of aliphatic hydroxyl groups is 3. The molecule has 1 saturated heterocycles. The fourth-order valence-corrected chi connectivity index (χ4v) is 1.80. The van der Waals surface area contributed by atoms with Crippen LogP contribution in [-0.4, -0.2) is 44.7 Å². The van der Waals surface area contributed by atoms with E-state index in [-0.39, 0.29) is 0 Å². The highest BCUT2D eigenvalue weighted by atomic mass is 32.1. The molecule has 0 aliphatic carbocycles. The van der Waals surface area contributed by atoms with Crippen LogP contribution in [0.15, 0.2) is 0 Å². The zero-order valence-corrected chi connectivity index (χ0v) is 8.61. The molecular weight excluding hydrogens is 192 g/mol. The van der Waals surface area contributed by atoms with Gasteiger partial charge in [-0.25, -0.2) is 0 Å². The first kappa shape index (κ1) is 11.3. The molecule has 13 heavy (non-hydrogen) atoms. The first-order valence-corrected chi connectivity index (χ1v) is 4.81. The van der Waals surface area contributed by atoms with Gasteiger partial charge in [-0.05, 0) is 13.3 Å². The normalized spacial score (nSPS) is 52.2. The molecule has 0 aromatic heterocycles. The lowest BCUT2D eigenvalue weighted by Crippen LogP contribution is -2.61. The Morgan fingerprint density at radius 3 is 2.31 bits per heavy atom. The summed E-state index contributed by atoms with van der Waals surface area (Å²) in [6.45, 7) is 3.44. The number of ether oxygens (including phenoxy) is 1. The van der Waals surface area contributed by atoms with Crippen molar-refractivity contribution in [3.63, 3.8) is 0 Å². The molecule has 0 aromatic carbocycles. The molecule has 0 aromatic rings. The molecule has 1 aliphatic heterocycles. The fraction of sp³-hybridized carbons (Fsp3) is 1.00. The summed E-state index contributed by atoms with van der Waals surface area (Å²) >= 11 is 4.16. The van der Waals surface area contributed by atoms with E-state index in [1.807, 2.05) is 0 Å². The van der Waals surface area contributed by atoms with Crippen LogP contribution in [0.3, 0.4) is 0 Å². The minimum absolute atomic E-state index is 0.464. The fourth-order valence-electron chi connectivity index (χ4n) is 1.49. The maximum Gasteiger partial charge on any atom is 0.139 e. The Labute approximate surface area is 82.9 Å². The molecule has 5 atom stereocenters. The van der Waals surface area contributed by atoms with Crippen LogP contribution in [0.2, 0.25) is 0 Å². The van der Waals surface area contributed by atoms with Crippen molar-refractivity contribution < 1.29 is 20.1 Å². The van der Waals surface area contributed by atoms with Crippen molar-refractivity contribution in [1.29, 1.82) is 0 Å². The third kappa shape index (κ3) is 1.85. The van der Waals surface area contributed by atoms with Gasteiger partial charge in [0.1, 0.15) is 23.2 Å². The predicted molar refractivity (Wildman–Crippen MR) is 50.6 cm³/mol. The molecule has 5 heteroatoms. The number of thiol groups is 1. The summed E-state index contributed by atoms with van der Waals surface area (Å²) in [6.07, 6.45) is -3.46. The molecular formula is C8H16O4S. The van der Waals surface area contributed by atoms with E-state index in [0.29, 0.717) is 6.42 Å². The number of hydrogen-bond acceptors (Lipinski definition) is 5. The summed E-state index contributed by atoms with van der Waals surface area (Å²) in [6, 6.07) is 0. The van der Waals surface area contributed by atoms with Gasteiger partial charge in [0.05, 0.1) is 6.10 Å². The Hall–Kier alpha value is 0.190. The Balaban J connectivity index is 2.82. The van der Waals surface area contributed by atoms with Gasteiger partial charge < -0.3 is 20.1 Å². The summed E-state index contributed by atoms with van der Waals surface area (Å²) in [4.78, 5) is -1.06. The third-order valence-electron chi connectivity index (χ3n) is 2.51. The van der Waals surface area contributed by atoms with Crippen molar-refractivity contribution in [2.45, 2.75) is 49.6 Å². The molecule has 3 N–H and O–H groups in total. The zero-order valence-electron chi connectivity index (χ0n) is 7.71. The van der Waals surface area contributed by atoms with Crippen LogP contribution in [0.4, 0.5) is 0 Å². The van der Waals surface area contributed by atoms with Crippen LogP contribution in [0.5, 0.6) is 0 Å². The Kier molecular flexibility index (Phi) is 3.24. The molecule has 0 radical (unpaired) electrons. The van der Waals surface area contributed by atoms with E-state index in [1.54, 1.807) is 13.8 Å². The van der Waals surface area contributed by atoms with E-state index in [9.17, 15) is 15.3 Å². The third-order valence-corrected chi connectivity index (χ3v) is 3.20. The number of hydrogen-bond donors (Lipinski definition) is 4. The van der Waals surface area contributed by atoms with E-state index in [4.69, 9.17) is 4.74 Å². The summed E-state index contributed by atoms with van der Waals surface area (Å²) in [7, 11) is 0. The lowest BCUT2D eigenvalue weighted by atomic mass is 9.94. The van der Waals surface area contributed by atoms with E-state index < -0.39 is 29.3 Å². The van der Waals surface area contributed by atoms with Crippen LogP contribution >= 0.6 is 12.6 Å². The lowest BCUT2D eigenvalue weighted by molar-refractivity contribution is -0.230. The average molecular weight is 208 g/mol. The molecule has 0 amide bonds. The minimum atomic E-state index is -1.19. The van der Waals surface area contributed by atoms with E-state index >= 15 is 0 Å². The smallest absolute Gasteiger partial charge is 0.139 e. The van der Waals surface area contributed by atoms with Gasteiger partial charge in [0.2, 0.25) is 0 Å². The average Bonchev–Trinajstić information content (AvgIpc) is 2.12. The molecule has 4 nitrogen and oxygen atoms in total. The molecule has 1 aliphatic rings. The largest absolute Gasteiger partial charge is 0.388 e. The van der Waals surface area contributed by atoms with Gasteiger partial charge in [-0.3, -0.25) is 0 Å². The Morgan fingerprint density at radius 1 is 1.31 bits per heavy atom. The monoisotopic (exact) mass is 208 g/mol. The summed E-state index contributed by atoms with van der Waals surface area (Å²) in [5, 5.41) is 28.4. The summed E-state index contributed by atoms with van der Waals surface area (Å²) < 4.78 is 5.32. The number of aliphatic hydroxyl groups excluding tert-OH is 3. The standard InChI is InChI=1S/C8H16O4S/c1-3-8(13)7(11)6(10)5(9)4(2)12-8/h4-7,9-11,13H,3H2,1-2H3/t4-,5+,6+,7-,8?/m0/s1. The highest BCUT2D eigenvalue weighted by Crippen LogP contribution is 2.35. The maximum absolute atomic E-state index is 9.57. The second-order valence-electron chi connectivity index (χ2n) is 3.45. The van der Waals surface area contributed by atoms with Gasteiger partial charge >= 0.3 is 0 Å². The highest BCUT2D eigenvalue weighted by molar-refractivity contribution is 7.81. The van der Waals surface area contributed by atoms with E-state index in [2.05, 4.69) is 12.6 Å². The van der Waals surface area contributed by atoms with Gasteiger partial charge in [0.25, 0.3) is 0 Å². The zero-order chi connectivity index (χ0) is 10.2. The summed E-state index contributed by atoms with van der Waals surface area (Å²) in [5.41, 5.74) is 0. The summed E-state index contributed by atoms with van der Waals surface area (Å²) in [5.74, 6) is 0. The van der Waals surface area contributed by atoms with Gasteiger partial charge in [-0.15, -0.1) is 12.6 Å². The first-order chi connectivity index (χ1) is 5.92. The topological polar surface area (TPSA) is 69.9 Å². The van der Waals surface area contributed by atoms with Crippen molar-refractivity contribution in [2.24, 2.45) is 0 Å². The van der Waals surface area contributed by atoms with Crippen molar-refractivity contribution in [3.8, 4) is 0 Å². The SMILES string of the molecule is CCC1(S)O[C@@H](C)[C@@H](O)[C@@H](O)[C@@H]1O. The second kappa shape index (κ2) is 3.74. The molecule has 0 saturated carbocycles. The highest BCUT2D eigenvalue weighted by Gasteiger charge is 2.48. The van der Waals surface area contributed by atoms with E-state index in [1.165, 1.54) is 0 Å². The molecule has 1 heterocycles. The van der Waals surface area contributed by atoms with Crippen LogP contribution in [-0.2, 0) is 4.74 Å². The quantitative estimate of drug-likeness (QED) is 0.439. The number of rotatable bonds is 1.